The van der Waals surface area contributed by atoms with Gasteiger partial charge in [-0.25, -0.2) is 4.68 Å². The van der Waals surface area contributed by atoms with Gasteiger partial charge < -0.3 is 10.6 Å². The van der Waals surface area contributed by atoms with E-state index in [0.717, 1.165) is 30.8 Å². The maximum atomic E-state index is 12.4. The number of benzene rings is 1. The fraction of sp³-hybridized carbons (Fsp3) is 0.412. The molecule has 1 fully saturated rings. The summed E-state index contributed by atoms with van der Waals surface area (Å²) in [6.07, 6.45) is 2.10. The molecular weight excluding hydrogens is 276 g/mol. The van der Waals surface area contributed by atoms with Crippen molar-refractivity contribution >= 4 is 5.91 Å². The van der Waals surface area contributed by atoms with Crippen molar-refractivity contribution in [1.82, 2.24) is 20.4 Å². The number of carbonyl (C=O) groups is 1. The van der Waals surface area contributed by atoms with Gasteiger partial charge in [0.25, 0.3) is 5.91 Å². The molecule has 3 rings (SSSR count). The SMILES string of the molecule is Cc1cc(C(=O)NC2CCCNC2C)nn1-c1ccccc1. The number of aromatic nitrogens is 2. The normalized spacial score (nSPS) is 21.5. The molecule has 0 spiro atoms. The molecular formula is C17H22N4O. The summed E-state index contributed by atoms with van der Waals surface area (Å²) in [4.78, 5) is 12.4. The second-order valence-corrected chi connectivity index (χ2v) is 5.88. The Morgan fingerprint density at radius 3 is 2.86 bits per heavy atom. The summed E-state index contributed by atoms with van der Waals surface area (Å²) in [6.45, 7) is 5.09. The number of para-hydroxylation sites is 1. The molecule has 2 N–H and O–H groups in total. The van der Waals surface area contributed by atoms with Crippen LogP contribution in [-0.2, 0) is 0 Å². The predicted octanol–water partition coefficient (Wildman–Crippen LogP) is 2.05. The summed E-state index contributed by atoms with van der Waals surface area (Å²) in [5, 5.41) is 10.9. The van der Waals surface area contributed by atoms with E-state index in [4.69, 9.17) is 0 Å². The quantitative estimate of drug-likeness (QED) is 0.912. The Kier molecular flexibility index (Phi) is 4.24. The lowest BCUT2D eigenvalue weighted by Crippen LogP contribution is -2.52. The van der Waals surface area contributed by atoms with E-state index in [1.54, 1.807) is 4.68 Å². The second-order valence-electron chi connectivity index (χ2n) is 5.88. The first-order chi connectivity index (χ1) is 10.6. The van der Waals surface area contributed by atoms with E-state index in [2.05, 4.69) is 22.7 Å². The van der Waals surface area contributed by atoms with Crippen LogP contribution in [0.4, 0.5) is 0 Å². The van der Waals surface area contributed by atoms with Gasteiger partial charge in [0, 0.05) is 17.8 Å². The Hall–Kier alpha value is -2.14. The van der Waals surface area contributed by atoms with Crippen LogP contribution in [0.1, 0.15) is 35.9 Å². The standard InChI is InChI=1S/C17H22N4O/c1-12-11-16(20-21(12)14-7-4-3-5-8-14)17(22)19-15-9-6-10-18-13(15)2/h3-5,7-8,11,13,15,18H,6,9-10H2,1-2H3,(H,19,22). The van der Waals surface area contributed by atoms with Crippen LogP contribution in [0.15, 0.2) is 36.4 Å². The third-order valence-electron chi connectivity index (χ3n) is 4.20. The van der Waals surface area contributed by atoms with Gasteiger partial charge in [-0.1, -0.05) is 18.2 Å². The van der Waals surface area contributed by atoms with E-state index in [-0.39, 0.29) is 11.9 Å². The Morgan fingerprint density at radius 1 is 1.36 bits per heavy atom. The predicted molar refractivity (Wildman–Crippen MR) is 86.3 cm³/mol. The molecule has 0 saturated carbocycles. The number of hydrogen-bond acceptors (Lipinski definition) is 3. The number of rotatable bonds is 3. The van der Waals surface area contributed by atoms with Gasteiger partial charge in [-0.15, -0.1) is 0 Å². The Balaban J connectivity index is 1.76. The van der Waals surface area contributed by atoms with Gasteiger partial charge in [-0.2, -0.15) is 5.10 Å². The lowest BCUT2D eigenvalue weighted by atomic mass is 10.00. The van der Waals surface area contributed by atoms with Crippen LogP contribution >= 0.6 is 0 Å². The van der Waals surface area contributed by atoms with E-state index in [0.29, 0.717) is 11.7 Å². The van der Waals surface area contributed by atoms with Crippen molar-refractivity contribution in [2.45, 2.75) is 38.8 Å². The van der Waals surface area contributed by atoms with E-state index < -0.39 is 0 Å². The molecule has 1 aliphatic rings. The van der Waals surface area contributed by atoms with Gasteiger partial charge >= 0.3 is 0 Å². The average Bonchev–Trinajstić information content (AvgIpc) is 2.92. The number of hydrogen-bond donors (Lipinski definition) is 2. The van der Waals surface area contributed by atoms with Crippen LogP contribution < -0.4 is 10.6 Å². The monoisotopic (exact) mass is 298 g/mol. The molecule has 2 heterocycles. The number of carbonyl (C=O) groups excluding carboxylic acids is 1. The van der Waals surface area contributed by atoms with Crippen LogP contribution in [0.5, 0.6) is 0 Å². The summed E-state index contributed by atoms with van der Waals surface area (Å²) in [5.41, 5.74) is 2.39. The zero-order valence-corrected chi connectivity index (χ0v) is 13.0. The largest absolute Gasteiger partial charge is 0.346 e. The fourth-order valence-electron chi connectivity index (χ4n) is 2.90. The minimum Gasteiger partial charge on any atom is -0.346 e. The Bertz CT molecular complexity index is 650. The van der Waals surface area contributed by atoms with Gasteiger partial charge in [-0.3, -0.25) is 4.79 Å². The van der Waals surface area contributed by atoms with Crippen LogP contribution in [-0.4, -0.2) is 34.3 Å². The highest BCUT2D eigenvalue weighted by atomic mass is 16.2. The maximum Gasteiger partial charge on any atom is 0.272 e. The molecule has 2 aromatic rings. The molecule has 1 aromatic heterocycles. The Labute approximate surface area is 130 Å². The fourth-order valence-corrected chi connectivity index (χ4v) is 2.90. The molecule has 0 radical (unpaired) electrons. The van der Waals surface area contributed by atoms with E-state index in [1.165, 1.54) is 0 Å². The molecule has 5 heteroatoms. The molecule has 0 bridgehead atoms. The summed E-state index contributed by atoms with van der Waals surface area (Å²) in [6, 6.07) is 12.2. The molecule has 22 heavy (non-hydrogen) atoms. The summed E-state index contributed by atoms with van der Waals surface area (Å²) in [5.74, 6) is -0.0988. The molecule has 1 saturated heterocycles. The van der Waals surface area contributed by atoms with Crippen molar-refractivity contribution < 1.29 is 4.79 Å². The van der Waals surface area contributed by atoms with Crippen LogP contribution in [0, 0.1) is 6.92 Å². The van der Waals surface area contributed by atoms with Crippen molar-refractivity contribution in [2.75, 3.05) is 6.54 Å². The molecule has 0 aliphatic carbocycles. The number of amides is 1. The lowest BCUT2D eigenvalue weighted by molar-refractivity contribution is 0.0914. The van der Waals surface area contributed by atoms with Crippen LogP contribution in [0.3, 0.4) is 0 Å². The van der Waals surface area contributed by atoms with Crippen LogP contribution in [0.2, 0.25) is 0 Å². The minimum atomic E-state index is -0.0988. The molecule has 2 atom stereocenters. The highest BCUT2D eigenvalue weighted by Gasteiger charge is 2.24. The number of aryl methyl sites for hydroxylation is 1. The summed E-state index contributed by atoms with van der Waals surface area (Å²) >= 11 is 0. The summed E-state index contributed by atoms with van der Waals surface area (Å²) < 4.78 is 1.80. The van der Waals surface area contributed by atoms with Gasteiger partial charge in [0.2, 0.25) is 0 Å². The van der Waals surface area contributed by atoms with Gasteiger partial charge in [0.05, 0.1) is 5.69 Å². The van der Waals surface area contributed by atoms with Gasteiger partial charge in [-0.05, 0) is 51.4 Å². The van der Waals surface area contributed by atoms with E-state index in [1.807, 2.05) is 43.3 Å². The zero-order valence-electron chi connectivity index (χ0n) is 13.0. The van der Waals surface area contributed by atoms with Crippen molar-refractivity contribution in [3.63, 3.8) is 0 Å². The molecule has 5 nitrogen and oxygen atoms in total. The zero-order chi connectivity index (χ0) is 15.5. The number of nitrogens with zero attached hydrogens (tertiary/aromatic N) is 2. The molecule has 1 amide bonds. The molecule has 1 aromatic carbocycles. The first kappa shape index (κ1) is 14.8. The lowest BCUT2D eigenvalue weighted by Gasteiger charge is -2.30. The van der Waals surface area contributed by atoms with Crippen molar-refractivity contribution in [3.05, 3.63) is 47.8 Å². The summed E-state index contributed by atoms with van der Waals surface area (Å²) in [7, 11) is 0. The van der Waals surface area contributed by atoms with Gasteiger partial charge in [0.15, 0.2) is 5.69 Å². The smallest absolute Gasteiger partial charge is 0.272 e. The molecule has 1 aliphatic heterocycles. The Morgan fingerprint density at radius 2 is 2.14 bits per heavy atom. The highest BCUT2D eigenvalue weighted by Crippen LogP contribution is 2.13. The van der Waals surface area contributed by atoms with Crippen molar-refractivity contribution in [3.8, 4) is 5.69 Å². The van der Waals surface area contributed by atoms with Crippen LogP contribution in [0.25, 0.3) is 5.69 Å². The third-order valence-corrected chi connectivity index (χ3v) is 4.20. The van der Waals surface area contributed by atoms with E-state index >= 15 is 0 Å². The molecule has 2 unspecified atom stereocenters. The van der Waals surface area contributed by atoms with Crippen molar-refractivity contribution in [2.24, 2.45) is 0 Å². The molecule has 116 valence electrons. The first-order valence-corrected chi connectivity index (χ1v) is 7.81. The van der Waals surface area contributed by atoms with E-state index in [9.17, 15) is 4.79 Å². The second kappa shape index (κ2) is 6.32. The number of piperidine rings is 1. The van der Waals surface area contributed by atoms with Gasteiger partial charge in [0.1, 0.15) is 0 Å². The van der Waals surface area contributed by atoms with Crippen molar-refractivity contribution in [1.29, 1.82) is 0 Å². The minimum absolute atomic E-state index is 0.0988. The average molecular weight is 298 g/mol. The number of nitrogens with one attached hydrogen (secondary N) is 2. The third kappa shape index (κ3) is 3.04. The first-order valence-electron chi connectivity index (χ1n) is 7.81. The maximum absolute atomic E-state index is 12.4. The topological polar surface area (TPSA) is 59.0 Å². The highest BCUT2D eigenvalue weighted by molar-refractivity contribution is 5.92.